The molecular formula is C12H18FN3O2. The van der Waals surface area contributed by atoms with E-state index in [0.29, 0.717) is 18.3 Å². The number of halogens is 1. The fraction of sp³-hybridized carbons (Fsp3) is 0.500. The third kappa shape index (κ3) is 4.29. The molecule has 18 heavy (non-hydrogen) atoms. The predicted octanol–water partition coefficient (Wildman–Crippen LogP) is 2.49. The van der Waals surface area contributed by atoms with E-state index in [1.54, 1.807) is 0 Å². The topological polar surface area (TPSA) is 58.4 Å². The highest BCUT2D eigenvalue weighted by molar-refractivity contribution is 5.51. The Kier molecular flexibility index (Phi) is 5.03. The van der Waals surface area contributed by atoms with Gasteiger partial charge in [-0.15, -0.1) is 0 Å². The number of nitro benzene ring substituents is 1. The first-order chi connectivity index (χ1) is 8.40. The van der Waals surface area contributed by atoms with Gasteiger partial charge in [-0.25, -0.2) is 4.39 Å². The second-order valence-corrected chi connectivity index (χ2v) is 4.46. The van der Waals surface area contributed by atoms with Crippen LogP contribution in [0.3, 0.4) is 0 Å². The Morgan fingerprint density at radius 3 is 2.67 bits per heavy atom. The van der Waals surface area contributed by atoms with Crippen LogP contribution in [0, 0.1) is 15.9 Å². The summed E-state index contributed by atoms with van der Waals surface area (Å²) in [5.41, 5.74) is 0.188. The Morgan fingerprint density at radius 1 is 1.44 bits per heavy atom. The van der Waals surface area contributed by atoms with Crippen LogP contribution in [0.4, 0.5) is 15.8 Å². The lowest BCUT2D eigenvalue weighted by atomic mass is 10.2. The molecule has 0 atom stereocenters. The van der Waals surface area contributed by atoms with Crippen molar-refractivity contribution in [3.05, 3.63) is 34.1 Å². The highest BCUT2D eigenvalue weighted by Gasteiger charge is 2.09. The van der Waals surface area contributed by atoms with Gasteiger partial charge < -0.3 is 10.2 Å². The summed E-state index contributed by atoms with van der Waals surface area (Å²) in [4.78, 5) is 12.1. The molecule has 100 valence electrons. The van der Waals surface area contributed by atoms with E-state index < -0.39 is 10.7 Å². The lowest BCUT2D eigenvalue weighted by Gasteiger charge is -2.21. The molecule has 0 heterocycles. The SMILES string of the molecule is CC(C)N(C)CCNc1cc(F)cc([N+](=O)[O-])c1. The molecule has 0 bridgehead atoms. The van der Waals surface area contributed by atoms with E-state index in [9.17, 15) is 14.5 Å². The number of non-ortho nitro benzene ring substituents is 1. The zero-order valence-electron chi connectivity index (χ0n) is 10.8. The van der Waals surface area contributed by atoms with Crippen molar-refractivity contribution in [1.29, 1.82) is 0 Å². The first-order valence-electron chi connectivity index (χ1n) is 5.79. The van der Waals surface area contributed by atoms with Crippen molar-refractivity contribution < 1.29 is 9.31 Å². The third-order valence-corrected chi connectivity index (χ3v) is 2.77. The zero-order valence-corrected chi connectivity index (χ0v) is 10.8. The van der Waals surface area contributed by atoms with E-state index in [4.69, 9.17) is 0 Å². The Labute approximate surface area is 106 Å². The molecule has 0 saturated carbocycles. The van der Waals surface area contributed by atoms with Crippen LogP contribution in [-0.2, 0) is 0 Å². The molecule has 0 amide bonds. The monoisotopic (exact) mass is 255 g/mol. The van der Waals surface area contributed by atoms with E-state index in [2.05, 4.69) is 24.1 Å². The lowest BCUT2D eigenvalue weighted by Crippen LogP contribution is -2.31. The Morgan fingerprint density at radius 2 is 2.11 bits per heavy atom. The average molecular weight is 255 g/mol. The van der Waals surface area contributed by atoms with Gasteiger partial charge in [0, 0.05) is 30.9 Å². The molecule has 0 aromatic heterocycles. The van der Waals surface area contributed by atoms with E-state index in [-0.39, 0.29) is 5.69 Å². The second-order valence-electron chi connectivity index (χ2n) is 4.46. The van der Waals surface area contributed by atoms with Crippen LogP contribution in [0.5, 0.6) is 0 Å². The molecule has 1 rings (SSSR count). The molecule has 0 aliphatic carbocycles. The van der Waals surface area contributed by atoms with Crippen LogP contribution in [0.15, 0.2) is 18.2 Å². The first-order valence-corrected chi connectivity index (χ1v) is 5.79. The van der Waals surface area contributed by atoms with E-state index in [1.165, 1.54) is 12.1 Å². The summed E-state index contributed by atoms with van der Waals surface area (Å²) in [6.07, 6.45) is 0. The van der Waals surface area contributed by atoms with Crippen molar-refractivity contribution in [1.82, 2.24) is 4.90 Å². The average Bonchev–Trinajstić information content (AvgIpc) is 2.27. The number of likely N-dealkylation sites (N-methyl/N-ethyl adjacent to an activating group) is 1. The number of rotatable bonds is 6. The van der Waals surface area contributed by atoms with Gasteiger partial charge in [-0.1, -0.05) is 0 Å². The van der Waals surface area contributed by atoms with Gasteiger partial charge in [-0.2, -0.15) is 0 Å². The molecule has 0 radical (unpaired) electrons. The second kappa shape index (κ2) is 6.30. The van der Waals surface area contributed by atoms with Crippen molar-refractivity contribution in [3.63, 3.8) is 0 Å². The summed E-state index contributed by atoms with van der Waals surface area (Å²) in [5, 5.41) is 13.6. The lowest BCUT2D eigenvalue weighted by molar-refractivity contribution is -0.385. The fourth-order valence-corrected chi connectivity index (χ4v) is 1.42. The summed E-state index contributed by atoms with van der Waals surface area (Å²) in [5.74, 6) is -0.607. The molecule has 1 aromatic rings. The molecule has 1 aromatic carbocycles. The third-order valence-electron chi connectivity index (χ3n) is 2.77. The Bertz CT molecular complexity index is 424. The molecule has 5 nitrogen and oxygen atoms in total. The molecule has 0 saturated heterocycles. The van der Waals surface area contributed by atoms with Crippen molar-refractivity contribution in [2.75, 3.05) is 25.5 Å². The molecular weight excluding hydrogens is 237 g/mol. The van der Waals surface area contributed by atoms with Crippen LogP contribution in [0.1, 0.15) is 13.8 Å². The standard InChI is InChI=1S/C12H18FN3O2/c1-9(2)15(3)5-4-14-11-6-10(13)7-12(8-11)16(17)18/h6-9,14H,4-5H2,1-3H3. The van der Waals surface area contributed by atoms with E-state index in [0.717, 1.165) is 12.6 Å². The van der Waals surface area contributed by atoms with Crippen LogP contribution >= 0.6 is 0 Å². The minimum Gasteiger partial charge on any atom is -0.383 e. The van der Waals surface area contributed by atoms with Gasteiger partial charge in [0.1, 0.15) is 5.82 Å². The summed E-state index contributed by atoms with van der Waals surface area (Å²) in [6, 6.07) is 3.92. The largest absolute Gasteiger partial charge is 0.383 e. The summed E-state index contributed by atoms with van der Waals surface area (Å²) >= 11 is 0. The number of nitrogens with zero attached hydrogens (tertiary/aromatic N) is 2. The van der Waals surface area contributed by atoms with Crippen LogP contribution in [-0.4, -0.2) is 36.0 Å². The summed E-state index contributed by atoms with van der Waals surface area (Å²) < 4.78 is 13.1. The number of benzene rings is 1. The van der Waals surface area contributed by atoms with Crippen LogP contribution in [0.25, 0.3) is 0 Å². The Hall–Kier alpha value is -1.69. The molecule has 0 fully saturated rings. The van der Waals surface area contributed by atoms with Gasteiger partial charge in [0.15, 0.2) is 0 Å². The molecule has 1 N–H and O–H groups in total. The van der Waals surface area contributed by atoms with Gasteiger partial charge >= 0.3 is 0 Å². The number of hydrogen-bond acceptors (Lipinski definition) is 4. The smallest absolute Gasteiger partial charge is 0.274 e. The number of nitrogens with one attached hydrogen (secondary N) is 1. The van der Waals surface area contributed by atoms with Gasteiger partial charge in [0.05, 0.1) is 11.0 Å². The number of nitro groups is 1. The maximum absolute atomic E-state index is 13.1. The maximum atomic E-state index is 13.1. The highest BCUT2D eigenvalue weighted by Crippen LogP contribution is 2.19. The molecule has 0 unspecified atom stereocenters. The maximum Gasteiger partial charge on any atom is 0.274 e. The van der Waals surface area contributed by atoms with Crippen molar-refractivity contribution in [3.8, 4) is 0 Å². The van der Waals surface area contributed by atoms with E-state index in [1.807, 2.05) is 7.05 Å². The van der Waals surface area contributed by atoms with Gasteiger partial charge in [0.2, 0.25) is 0 Å². The molecule has 6 heteroatoms. The highest BCUT2D eigenvalue weighted by atomic mass is 19.1. The van der Waals surface area contributed by atoms with Crippen LogP contribution in [0.2, 0.25) is 0 Å². The minimum atomic E-state index is -0.607. The van der Waals surface area contributed by atoms with Crippen LogP contribution < -0.4 is 5.32 Å². The fourth-order valence-electron chi connectivity index (χ4n) is 1.42. The van der Waals surface area contributed by atoms with Crippen molar-refractivity contribution >= 4 is 11.4 Å². The van der Waals surface area contributed by atoms with E-state index >= 15 is 0 Å². The van der Waals surface area contributed by atoms with Gasteiger partial charge in [0.25, 0.3) is 5.69 Å². The minimum absolute atomic E-state index is 0.241. The summed E-state index contributed by atoms with van der Waals surface area (Å²) in [7, 11) is 1.99. The van der Waals surface area contributed by atoms with Crippen molar-refractivity contribution in [2.45, 2.75) is 19.9 Å². The van der Waals surface area contributed by atoms with Crippen molar-refractivity contribution in [2.24, 2.45) is 0 Å². The predicted molar refractivity (Wildman–Crippen MR) is 69.3 cm³/mol. The first kappa shape index (κ1) is 14.4. The van der Waals surface area contributed by atoms with Gasteiger partial charge in [-0.05, 0) is 27.0 Å². The molecule has 0 aliphatic rings. The Balaban J connectivity index is 2.60. The molecule has 0 spiro atoms. The molecule has 0 aliphatic heterocycles. The number of hydrogen-bond donors (Lipinski definition) is 1. The normalized spacial score (nSPS) is 11.0. The zero-order chi connectivity index (χ0) is 13.7. The number of anilines is 1. The quantitative estimate of drug-likeness (QED) is 0.626. The summed E-state index contributed by atoms with van der Waals surface area (Å²) in [6.45, 7) is 5.54. The van der Waals surface area contributed by atoms with Gasteiger partial charge in [-0.3, -0.25) is 10.1 Å².